The van der Waals surface area contributed by atoms with Crippen molar-refractivity contribution in [3.63, 3.8) is 0 Å². The van der Waals surface area contributed by atoms with Gasteiger partial charge in [-0.2, -0.15) is 0 Å². The molecule has 128 valence electrons. The highest BCUT2D eigenvalue weighted by Gasteiger charge is 2.23. The number of rotatable bonds is 4. The second-order valence-electron chi connectivity index (χ2n) is 6.06. The molecule has 4 rings (SSSR count). The maximum absolute atomic E-state index is 12.9. The SMILES string of the molecule is O=C(NC1CCCNC1)c1sc(-c2ccco2)nc1-c1ccccc1. The van der Waals surface area contributed by atoms with Crippen LogP contribution in [0.2, 0.25) is 0 Å². The van der Waals surface area contributed by atoms with Crippen LogP contribution in [0.4, 0.5) is 0 Å². The highest BCUT2D eigenvalue weighted by Crippen LogP contribution is 2.34. The second-order valence-corrected chi connectivity index (χ2v) is 7.06. The summed E-state index contributed by atoms with van der Waals surface area (Å²) in [4.78, 5) is 18.2. The van der Waals surface area contributed by atoms with E-state index < -0.39 is 0 Å². The van der Waals surface area contributed by atoms with Crippen molar-refractivity contribution in [2.24, 2.45) is 0 Å². The molecule has 3 heterocycles. The van der Waals surface area contributed by atoms with Gasteiger partial charge in [-0.1, -0.05) is 30.3 Å². The molecule has 0 radical (unpaired) electrons. The Morgan fingerprint density at radius 2 is 2.12 bits per heavy atom. The average Bonchev–Trinajstić information content (AvgIpc) is 3.33. The zero-order valence-corrected chi connectivity index (χ0v) is 14.5. The number of nitrogens with zero attached hydrogens (tertiary/aromatic N) is 1. The summed E-state index contributed by atoms with van der Waals surface area (Å²) in [6, 6.07) is 13.7. The molecule has 0 aliphatic carbocycles. The predicted molar refractivity (Wildman–Crippen MR) is 98.6 cm³/mol. The summed E-state index contributed by atoms with van der Waals surface area (Å²) in [6.07, 6.45) is 3.70. The van der Waals surface area contributed by atoms with Crippen molar-refractivity contribution < 1.29 is 9.21 Å². The molecule has 1 fully saturated rings. The summed E-state index contributed by atoms with van der Waals surface area (Å²) in [5.41, 5.74) is 1.64. The molecule has 0 bridgehead atoms. The third kappa shape index (κ3) is 3.50. The molecular weight excluding hydrogens is 334 g/mol. The molecule has 1 aromatic carbocycles. The molecule has 1 atom stereocenters. The molecule has 1 unspecified atom stereocenters. The Morgan fingerprint density at radius 1 is 1.24 bits per heavy atom. The van der Waals surface area contributed by atoms with Crippen LogP contribution in [0, 0.1) is 0 Å². The third-order valence-corrected chi connectivity index (χ3v) is 5.31. The molecule has 1 aliphatic heterocycles. The maximum atomic E-state index is 12.9. The van der Waals surface area contributed by atoms with Crippen molar-refractivity contribution in [1.82, 2.24) is 15.6 Å². The van der Waals surface area contributed by atoms with Gasteiger partial charge in [0.25, 0.3) is 5.91 Å². The Labute approximate surface area is 150 Å². The van der Waals surface area contributed by atoms with Crippen LogP contribution in [0.5, 0.6) is 0 Å². The fourth-order valence-electron chi connectivity index (χ4n) is 3.00. The minimum Gasteiger partial charge on any atom is -0.462 e. The first-order valence-electron chi connectivity index (χ1n) is 8.43. The number of carbonyl (C=O) groups is 1. The third-order valence-electron chi connectivity index (χ3n) is 4.24. The van der Waals surface area contributed by atoms with E-state index in [1.165, 1.54) is 11.3 Å². The fraction of sp³-hybridized carbons (Fsp3) is 0.263. The summed E-state index contributed by atoms with van der Waals surface area (Å²) >= 11 is 1.37. The summed E-state index contributed by atoms with van der Waals surface area (Å²) in [5, 5.41) is 7.18. The van der Waals surface area contributed by atoms with E-state index >= 15 is 0 Å². The van der Waals surface area contributed by atoms with E-state index in [1.807, 2.05) is 42.5 Å². The molecule has 1 aliphatic rings. The standard InChI is InChI=1S/C19H19N3O2S/c23-18(21-14-8-4-10-20-12-14)17-16(13-6-2-1-3-7-13)22-19(25-17)15-9-5-11-24-15/h1-3,5-7,9,11,14,20H,4,8,10,12H2,(H,21,23). The molecular formula is C19H19N3O2S. The number of nitrogens with one attached hydrogen (secondary N) is 2. The van der Waals surface area contributed by atoms with Crippen molar-refractivity contribution in [1.29, 1.82) is 0 Å². The monoisotopic (exact) mass is 353 g/mol. The number of piperidine rings is 1. The van der Waals surface area contributed by atoms with Gasteiger partial charge >= 0.3 is 0 Å². The molecule has 5 nitrogen and oxygen atoms in total. The van der Waals surface area contributed by atoms with Crippen LogP contribution in [0.25, 0.3) is 22.0 Å². The number of hydrogen-bond acceptors (Lipinski definition) is 5. The lowest BCUT2D eigenvalue weighted by molar-refractivity contribution is 0.0935. The molecule has 1 amide bonds. The number of hydrogen-bond donors (Lipinski definition) is 2. The van der Waals surface area contributed by atoms with Crippen LogP contribution in [0.15, 0.2) is 53.1 Å². The Morgan fingerprint density at radius 3 is 2.84 bits per heavy atom. The zero-order chi connectivity index (χ0) is 17.1. The van der Waals surface area contributed by atoms with E-state index in [0.717, 1.165) is 36.5 Å². The molecule has 2 N–H and O–H groups in total. The fourth-order valence-corrected chi connectivity index (χ4v) is 3.96. The van der Waals surface area contributed by atoms with E-state index in [-0.39, 0.29) is 11.9 Å². The first kappa shape index (κ1) is 16.1. The minimum absolute atomic E-state index is 0.0668. The lowest BCUT2D eigenvalue weighted by atomic mass is 10.1. The lowest BCUT2D eigenvalue weighted by Gasteiger charge is -2.23. The largest absolute Gasteiger partial charge is 0.462 e. The van der Waals surface area contributed by atoms with E-state index in [2.05, 4.69) is 15.6 Å². The quantitative estimate of drug-likeness (QED) is 0.753. The van der Waals surface area contributed by atoms with Crippen molar-refractivity contribution >= 4 is 17.2 Å². The van der Waals surface area contributed by atoms with Crippen LogP contribution in [0.1, 0.15) is 22.5 Å². The van der Waals surface area contributed by atoms with Gasteiger partial charge in [-0.3, -0.25) is 4.79 Å². The Balaban J connectivity index is 1.68. The smallest absolute Gasteiger partial charge is 0.263 e. The minimum atomic E-state index is -0.0668. The van der Waals surface area contributed by atoms with Crippen LogP contribution in [-0.2, 0) is 0 Å². The normalized spacial score (nSPS) is 17.4. The molecule has 2 aromatic heterocycles. The van der Waals surface area contributed by atoms with Gasteiger partial charge in [0.1, 0.15) is 4.88 Å². The first-order chi connectivity index (χ1) is 12.3. The van der Waals surface area contributed by atoms with Crippen LogP contribution in [0.3, 0.4) is 0 Å². The molecule has 3 aromatic rings. The number of furan rings is 1. The molecule has 0 saturated carbocycles. The van der Waals surface area contributed by atoms with Crippen molar-refractivity contribution in [3.8, 4) is 22.0 Å². The van der Waals surface area contributed by atoms with Crippen molar-refractivity contribution in [3.05, 3.63) is 53.6 Å². The van der Waals surface area contributed by atoms with Crippen molar-refractivity contribution in [2.45, 2.75) is 18.9 Å². The topological polar surface area (TPSA) is 67.2 Å². The Bertz CT molecular complexity index is 837. The highest BCUT2D eigenvalue weighted by atomic mass is 32.1. The Hall–Kier alpha value is -2.44. The van der Waals surface area contributed by atoms with Gasteiger partial charge in [0.15, 0.2) is 10.8 Å². The van der Waals surface area contributed by atoms with Crippen molar-refractivity contribution in [2.75, 3.05) is 13.1 Å². The molecule has 6 heteroatoms. The molecule has 25 heavy (non-hydrogen) atoms. The van der Waals surface area contributed by atoms with Crippen LogP contribution in [-0.4, -0.2) is 30.0 Å². The number of amides is 1. The summed E-state index contributed by atoms with van der Waals surface area (Å²) in [7, 11) is 0. The van der Waals surface area contributed by atoms with E-state index in [0.29, 0.717) is 16.3 Å². The molecule has 1 saturated heterocycles. The van der Waals surface area contributed by atoms with Crippen LogP contribution < -0.4 is 10.6 Å². The average molecular weight is 353 g/mol. The van der Waals surface area contributed by atoms with Gasteiger partial charge in [0, 0.05) is 18.2 Å². The van der Waals surface area contributed by atoms with E-state index in [1.54, 1.807) is 6.26 Å². The lowest BCUT2D eigenvalue weighted by Crippen LogP contribution is -2.45. The number of benzene rings is 1. The number of aromatic nitrogens is 1. The van der Waals surface area contributed by atoms with Gasteiger partial charge in [0.2, 0.25) is 0 Å². The van der Waals surface area contributed by atoms with Gasteiger partial charge in [-0.05, 0) is 31.5 Å². The number of thiazole rings is 1. The second kappa shape index (κ2) is 7.21. The molecule has 0 spiro atoms. The van der Waals surface area contributed by atoms with E-state index in [9.17, 15) is 4.79 Å². The first-order valence-corrected chi connectivity index (χ1v) is 9.24. The number of carbonyl (C=O) groups excluding carboxylic acids is 1. The van der Waals surface area contributed by atoms with Gasteiger partial charge in [-0.25, -0.2) is 4.98 Å². The van der Waals surface area contributed by atoms with Gasteiger partial charge in [0.05, 0.1) is 12.0 Å². The summed E-state index contributed by atoms with van der Waals surface area (Å²) in [6.45, 7) is 1.83. The Kier molecular flexibility index (Phi) is 4.63. The predicted octanol–water partition coefficient (Wildman–Crippen LogP) is 3.55. The highest BCUT2D eigenvalue weighted by molar-refractivity contribution is 7.17. The van der Waals surface area contributed by atoms with E-state index in [4.69, 9.17) is 4.42 Å². The van der Waals surface area contributed by atoms with Gasteiger partial charge < -0.3 is 15.1 Å². The van der Waals surface area contributed by atoms with Crippen LogP contribution >= 0.6 is 11.3 Å². The maximum Gasteiger partial charge on any atom is 0.263 e. The zero-order valence-electron chi connectivity index (χ0n) is 13.7. The summed E-state index contributed by atoms with van der Waals surface area (Å²) in [5.74, 6) is 0.614. The van der Waals surface area contributed by atoms with Gasteiger partial charge in [-0.15, -0.1) is 11.3 Å². The summed E-state index contributed by atoms with van der Waals surface area (Å²) < 4.78 is 5.46.